The maximum atomic E-state index is 6.36. The lowest BCUT2D eigenvalue weighted by Gasteiger charge is -2.57. The SMILES string of the molecule is COc1ccc2c(c1)C13CCCCC1(OC)C1CC2(CN1)C3. The highest BCUT2D eigenvalue weighted by Crippen LogP contribution is 2.68. The van der Waals surface area contributed by atoms with Crippen LogP contribution in [-0.4, -0.2) is 32.4 Å². The van der Waals surface area contributed by atoms with Gasteiger partial charge >= 0.3 is 0 Å². The van der Waals surface area contributed by atoms with Gasteiger partial charge in [-0.1, -0.05) is 18.9 Å². The number of methoxy groups -OCH3 is 2. The van der Waals surface area contributed by atoms with E-state index < -0.39 is 0 Å². The summed E-state index contributed by atoms with van der Waals surface area (Å²) in [7, 11) is 3.72. The first-order valence-electron chi connectivity index (χ1n) is 8.67. The highest BCUT2D eigenvalue weighted by Gasteiger charge is 2.72. The molecule has 0 radical (unpaired) electrons. The molecule has 4 atom stereocenters. The molecule has 4 unspecified atom stereocenters. The Morgan fingerprint density at radius 1 is 1.14 bits per heavy atom. The molecule has 3 nitrogen and oxygen atoms in total. The predicted molar refractivity (Wildman–Crippen MR) is 85.6 cm³/mol. The third-order valence-corrected chi connectivity index (χ3v) is 7.37. The maximum absolute atomic E-state index is 6.36. The van der Waals surface area contributed by atoms with E-state index in [1.165, 1.54) is 44.1 Å². The van der Waals surface area contributed by atoms with Gasteiger partial charge in [0.15, 0.2) is 0 Å². The van der Waals surface area contributed by atoms with Gasteiger partial charge in [-0.25, -0.2) is 0 Å². The number of rotatable bonds is 2. The fraction of sp³-hybridized carbons (Fsp3) is 0.684. The van der Waals surface area contributed by atoms with Gasteiger partial charge in [-0.2, -0.15) is 0 Å². The van der Waals surface area contributed by atoms with E-state index in [4.69, 9.17) is 9.47 Å². The lowest BCUT2D eigenvalue weighted by molar-refractivity contribution is -0.135. The van der Waals surface area contributed by atoms with Crippen LogP contribution >= 0.6 is 0 Å². The normalized spacial score (nSPS) is 44.5. The highest BCUT2D eigenvalue weighted by atomic mass is 16.5. The molecular weight excluding hydrogens is 274 g/mol. The summed E-state index contributed by atoms with van der Waals surface area (Å²) < 4.78 is 11.9. The van der Waals surface area contributed by atoms with Crippen LogP contribution in [0.15, 0.2) is 18.2 Å². The molecule has 118 valence electrons. The summed E-state index contributed by atoms with van der Waals surface area (Å²) in [6.45, 7) is 1.11. The molecule has 1 N–H and O–H groups in total. The first kappa shape index (κ1) is 13.4. The number of ether oxygens (including phenoxy) is 2. The molecule has 4 aliphatic rings. The van der Waals surface area contributed by atoms with Gasteiger partial charge in [0.2, 0.25) is 0 Å². The van der Waals surface area contributed by atoms with Crippen LogP contribution in [0.5, 0.6) is 5.75 Å². The Kier molecular flexibility index (Phi) is 2.47. The van der Waals surface area contributed by atoms with Gasteiger partial charge < -0.3 is 14.8 Å². The van der Waals surface area contributed by atoms with Crippen molar-refractivity contribution in [3.63, 3.8) is 0 Å². The Bertz CT molecular complexity index is 644. The Morgan fingerprint density at radius 2 is 2.00 bits per heavy atom. The van der Waals surface area contributed by atoms with Crippen molar-refractivity contribution in [1.82, 2.24) is 5.32 Å². The molecule has 22 heavy (non-hydrogen) atoms. The molecule has 3 aliphatic carbocycles. The average molecular weight is 299 g/mol. The second-order valence-corrected chi connectivity index (χ2v) is 7.89. The van der Waals surface area contributed by atoms with Gasteiger partial charge in [-0.3, -0.25) is 0 Å². The van der Waals surface area contributed by atoms with Gasteiger partial charge in [0.25, 0.3) is 0 Å². The van der Waals surface area contributed by atoms with Gasteiger partial charge in [0.1, 0.15) is 5.75 Å². The molecule has 1 aromatic rings. The monoisotopic (exact) mass is 299 g/mol. The van der Waals surface area contributed by atoms with Crippen molar-refractivity contribution < 1.29 is 9.47 Å². The molecule has 0 aromatic heterocycles. The number of nitrogens with one attached hydrogen (secondary N) is 1. The minimum atomic E-state index is -0.0249. The summed E-state index contributed by atoms with van der Waals surface area (Å²) in [5, 5.41) is 3.84. The maximum Gasteiger partial charge on any atom is 0.119 e. The first-order chi connectivity index (χ1) is 10.7. The van der Waals surface area contributed by atoms with Crippen molar-refractivity contribution in [3.05, 3.63) is 29.3 Å². The quantitative estimate of drug-likeness (QED) is 0.911. The lowest BCUT2D eigenvalue weighted by atomic mass is 9.53. The molecule has 3 bridgehead atoms. The first-order valence-corrected chi connectivity index (χ1v) is 8.67. The third-order valence-electron chi connectivity index (χ3n) is 7.37. The number of fused-ring (bicyclic) bond motifs is 3. The lowest BCUT2D eigenvalue weighted by Crippen LogP contribution is -2.64. The standard InChI is InChI=1S/C19H25NO2/c1-21-13-5-6-14-15(9-13)18-7-3-4-8-19(18,22-2)16-10-17(14,11-18)12-20-16/h5-6,9,16,20H,3-4,7-8,10-12H2,1-2H3. The summed E-state index contributed by atoms with van der Waals surface area (Å²) in [5.41, 5.74) is 3.62. The molecule has 0 amide bonds. The second kappa shape index (κ2) is 4.07. The molecule has 1 heterocycles. The van der Waals surface area contributed by atoms with Crippen molar-refractivity contribution >= 4 is 0 Å². The topological polar surface area (TPSA) is 30.5 Å². The van der Waals surface area contributed by atoms with Crippen LogP contribution in [0.3, 0.4) is 0 Å². The van der Waals surface area contributed by atoms with Crippen molar-refractivity contribution in [2.75, 3.05) is 20.8 Å². The number of benzene rings is 1. The summed E-state index contributed by atoms with van der Waals surface area (Å²) in [4.78, 5) is 0. The van der Waals surface area contributed by atoms with Gasteiger partial charge in [0, 0.05) is 30.5 Å². The summed E-state index contributed by atoms with van der Waals surface area (Å²) in [6, 6.07) is 7.32. The Morgan fingerprint density at radius 3 is 2.82 bits per heavy atom. The van der Waals surface area contributed by atoms with E-state index in [1.807, 2.05) is 7.11 Å². The van der Waals surface area contributed by atoms with Crippen LogP contribution in [0.1, 0.15) is 49.7 Å². The van der Waals surface area contributed by atoms with Crippen molar-refractivity contribution in [3.8, 4) is 5.75 Å². The van der Waals surface area contributed by atoms with Gasteiger partial charge in [-0.15, -0.1) is 0 Å². The van der Waals surface area contributed by atoms with Crippen molar-refractivity contribution in [2.45, 2.75) is 61.0 Å². The molecule has 2 saturated carbocycles. The Labute approximate surface area is 132 Å². The van der Waals surface area contributed by atoms with Crippen LogP contribution in [0.25, 0.3) is 0 Å². The van der Waals surface area contributed by atoms with Gasteiger partial charge in [-0.05, 0) is 48.9 Å². The average Bonchev–Trinajstić information content (AvgIpc) is 3.04. The molecule has 2 spiro atoms. The molecule has 5 rings (SSSR count). The fourth-order valence-electron chi connectivity index (χ4n) is 6.61. The molecule has 1 saturated heterocycles. The van der Waals surface area contributed by atoms with Crippen LogP contribution in [0, 0.1) is 0 Å². The van der Waals surface area contributed by atoms with Gasteiger partial charge in [0.05, 0.1) is 12.7 Å². The minimum absolute atomic E-state index is 0.0249. The van der Waals surface area contributed by atoms with Crippen molar-refractivity contribution in [2.24, 2.45) is 0 Å². The van der Waals surface area contributed by atoms with E-state index in [-0.39, 0.29) is 11.0 Å². The number of hydrogen-bond donors (Lipinski definition) is 1. The highest BCUT2D eigenvalue weighted by molar-refractivity contribution is 5.56. The Hall–Kier alpha value is -1.06. The summed E-state index contributed by atoms with van der Waals surface area (Å²) >= 11 is 0. The smallest absolute Gasteiger partial charge is 0.119 e. The van der Waals surface area contributed by atoms with E-state index in [0.717, 1.165) is 12.3 Å². The third kappa shape index (κ3) is 1.25. The van der Waals surface area contributed by atoms with Crippen LogP contribution < -0.4 is 10.1 Å². The second-order valence-electron chi connectivity index (χ2n) is 7.89. The fourth-order valence-corrected chi connectivity index (χ4v) is 6.61. The largest absolute Gasteiger partial charge is 0.497 e. The summed E-state index contributed by atoms with van der Waals surface area (Å²) in [6.07, 6.45) is 7.57. The van der Waals surface area contributed by atoms with Crippen LogP contribution in [0.4, 0.5) is 0 Å². The predicted octanol–water partition coefficient (Wildman–Crippen LogP) is 2.91. The van der Waals surface area contributed by atoms with E-state index in [9.17, 15) is 0 Å². The van der Waals surface area contributed by atoms with E-state index in [2.05, 4.69) is 23.5 Å². The zero-order chi connectivity index (χ0) is 15.0. The Balaban J connectivity index is 1.81. The zero-order valence-corrected chi connectivity index (χ0v) is 13.6. The van der Waals surface area contributed by atoms with E-state index in [1.54, 1.807) is 12.7 Å². The molecular formula is C19H25NO2. The van der Waals surface area contributed by atoms with Crippen molar-refractivity contribution in [1.29, 1.82) is 0 Å². The number of hydrogen-bond acceptors (Lipinski definition) is 3. The molecule has 3 fully saturated rings. The van der Waals surface area contributed by atoms with E-state index in [0.29, 0.717) is 11.5 Å². The minimum Gasteiger partial charge on any atom is -0.497 e. The summed E-state index contributed by atoms with van der Waals surface area (Å²) in [5.74, 6) is 0.997. The van der Waals surface area contributed by atoms with Crippen LogP contribution in [-0.2, 0) is 15.6 Å². The van der Waals surface area contributed by atoms with Crippen LogP contribution in [0.2, 0.25) is 0 Å². The zero-order valence-electron chi connectivity index (χ0n) is 13.6. The molecule has 3 heteroatoms. The van der Waals surface area contributed by atoms with E-state index >= 15 is 0 Å². The molecule has 1 aliphatic heterocycles. The molecule has 1 aromatic carbocycles.